The van der Waals surface area contributed by atoms with Gasteiger partial charge in [0.1, 0.15) is 5.82 Å². The Kier molecular flexibility index (Phi) is 3.92. The molecule has 1 N–H and O–H groups in total. The van der Waals surface area contributed by atoms with Crippen molar-refractivity contribution in [2.24, 2.45) is 5.41 Å². The summed E-state index contributed by atoms with van der Waals surface area (Å²) < 4.78 is 0. The molecule has 1 aliphatic heterocycles. The maximum absolute atomic E-state index is 12.4. The van der Waals surface area contributed by atoms with E-state index in [4.69, 9.17) is 4.98 Å². The first-order valence-corrected chi connectivity index (χ1v) is 7.99. The summed E-state index contributed by atoms with van der Waals surface area (Å²) in [5.74, 6) is 1.21. The fourth-order valence-corrected chi connectivity index (χ4v) is 2.94. The molecule has 1 aliphatic rings. The molecule has 1 fully saturated rings. The molecule has 1 amide bonds. The fraction of sp³-hybridized carbons (Fsp3) is 0.529. The van der Waals surface area contributed by atoms with Crippen molar-refractivity contribution in [3.8, 4) is 11.4 Å². The number of hydrogen-bond donors (Lipinski definition) is 1. The Bertz CT molecular complexity index is 702. The molecule has 23 heavy (non-hydrogen) atoms. The summed E-state index contributed by atoms with van der Waals surface area (Å²) in [6, 6.07) is 3.85. The van der Waals surface area contributed by atoms with Crippen LogP contribution < -0.4 is 0 Å². The number of amides is 1. The zero-order chi connectivity index (χ0) is 16.6. The third-order valence-electron chi connectivity index (χ3n) is 4.13. The topological polar surface area (TPSA) is 74.8 Å². The number of aromatic nitrogens is 4. The summed E-state index contributed by atoms with van der Waals surface area (Å²) in [5.41, 5.74) is 2.33. The average Bonchev–Trinajstić information content (AvgIpc) is 3.16. The van der Waals surface area contributed by atoms with Crippen LogP contribution in [0.3, 0.4) is 0 Å². The molecule has 0 aliphatic carbocycles. The maximum Gasteiger partial charge on any atom is 0.227 e. The quantitative estimate of drug-likeness (QED) is 0.924. The van der Waals surface area contributed by atoms with Gasteiger partial charge in [0.2, 0.25) is 5.91 Å². The number of aromatic amines is 1. The van der Waals surface area contributed by atoms with Crippen molar-refractivity contribution in [1.29, 1.82) is 0 Å². The van der Waals surface area contributed by atoms with Gasteiger partial charge in [-0.15, -0.1) is 0 Å². The highest BCUT2D eigenvalue weighted by atomic mass is 16.2. The molecule has 0 bridgehead atoms. The first kappa shape index (κ1) is 15.6. The van der Waals surface area contributed by atoms with Crippen LogP contribution in [-0.2, 0) is 4.79 Å². The largest absolute Gasteiger partial charge is 0.341 e. The van der Waals surface area contributed by atoms with Gasteiger partial charge in [0.05, 0.1) is 11.4 Å². The van der Waals surface area contributed by atoms with E-state index < -0.39 is 0 Å². The number of nitrogens with one attached hydrogen (secondary N) is 1. The Labute approximate surface area is 136 Å². The van der Waals surface area contributed by atoms with E-state index in [1.54, 1.807) is 6.20 Å². The number of carbonyl (C=O) groups excluding carboxylic acids is 1. The lowest BCUT2D eigenvalue weighted by Gasteiger charge is -2.25. The highest BCUT2D eigenvalue weighted by Crippen LogP contribution is 2.29. The number of nitrogens with zero attached hydrogens (tertiary/aromatic N) is 4. The van der Waals surface area contributed by atoms with Gasteiger partial charge < -0.3 is 4.90 Å². The Morgan fingerprint density at radius 1 is 1.35 bits per heavy atom. The summed E-state index contributed by atoms with van der Waals surface area (Å²) >= 11 is 0. The van der Waals surface area contributed by atoms with E-state index in [2.05, 4.69) is 15.2 Å². The molecule has 3 rings (SSSR count). The highest BCUT2D eigenvalue weighted by molar-refractivity contribution is 5.81. The number of rotatable bonds is 2. The van der Waals surface area contributed by atoms with Crippen molar-refractivity contribution in [3.05, 3.63) is 29.8 Å². The van der Waals surface area contributed by atoms with Gasteiger partial charge in [-0.25, -0.2) is 9.97 Å². The van der Waals surface area contributed by atoms with Crippen LogP contribution in [0, 0.1) is 12.3 Å². The van der Waals surface area contributed by atoms with Crippen molar-refractivity contribution in [2.75, 3.05) is 13.1 Å². The van der Waals surface area contributed by atoms with Gasteiger partial charge in [0.25, 0.3) is 0 Å². The minimum atomic E-state index is -0.344. The summed E-state index contributed by atoms with van der Waals surface area (Å²) in [6.07, 6.45) is 2.62. The minimum absolute atomic E-state index is 0.196. The molecule has 0 radical (unpaired) electrons. The second-order valence-electron chi connectivity index (χ2n) is 7.21. The Morgan fingerprint density at radius 2 is 2.13 bits per heavy atom. The Balaban J connectivity index is 1.82. The van der Waals surface area contributed by atoms with E-state index in [0.717, 1.165) is 35.9 Å². The molecule has 6 heteroatoms. The van der Waals surface area contributed by atoms with Crippen molar-refractivity contribution >= 4 is 5.91 Å². The summed E-state index contributed by atoms with van der Waals surface area (Å²) in [5, 5.41) is 6.92. The second kappa shape index (κ2) is 5.76. The van der Waals surface area contributed by atoms with Gasteiger partial charge in [0.15, 0.2) is 0 Å². The molecule has 0 spiro atoms. The zero-order valence-corrected chi connectivity index (χ0v) is 14.1. The Hall–Kier alpha value is -2.24. The molecule has 0 saturated carbocycles. The van der Waals surface area contributed by atoms with Crippen LogP contribution in [0.2, 0.25) is 0 Å². The molecule has 2 aromatic heterocycles. The smallest absolute Gasteiger partial charge is 0.227 e. The predicted molar refractivity (Wildman–Crippen MR) is 87.7 cm³/mol. The van der Waals surface area contributed by atoms with Gasteiger partial charge in [-0.2, -0.15) is 5.10 Å². The summed E-state index contributed by atoms with van der Waals surface area (Å²) in [6.45, 7) is 9.32. The molecule has 1 atom stereocenters. The third-order valence-corrected chi connectivity index (χ3v) is 4.13. The minimum Gasteiger partial charge on any atom is -0.341 e. The van der Waals surface area contributed by atoms with Crippen molar-refractivity contribution < 1.29 is 4.79 Å². The van der Waals surface area contributed by atoms with Crippen LogP contribution >= 0.6 is 0 Å². The van der Waals surface area contributed by atoms with Gasteiger partial charge >= 0.3 is 0 Å². The first-order chi connectivity index (χ1) is 10.8. The molecule has 0 unspecified atom stereocenters. The van der Waals surface area contributed by atoms with Gasteiger partial charge in [-0.1, -0.05) is 20.8 Å². The normalized spacial score (nSPS) is 18.4. The molecular formula is C17H23N5O. The molecule has 0 aromatic carbocycles. The molecule has 3 heterocycles. The van der Waals surface area contributed by atoms with E-state index in [9.17, 15) is 4.79 Å². The molecule has 1 saturated heterocycles. The standard InChI is InChI=1S/C17H23N5O/c1-11-9-14(13-5-7-18-21-13)20-15(19-11)12-6-8-22(10-12)16(23)17(2,3)4/h5,7,9,12H,6,8,10H2,1-4H3,(H,18,21)/t12-/m0/s1. The van der Waals surface area contributed by atoms with Crippen LogP contribution in [0.5, 0.6) is 0 Å². The van der Waals surface area contributed by atoms with Crippen molar-refractivity contribution in [3.63, 3.8) is 0 Å². The average molecular weight is 313 g/mol. The Morgan fingerprint density at radius 3 is 2.78 bits per heavy atom. The third kappa shape index (κ3) is 3.25. The van der Waals surface area contributed by atoms with E-state index in [1.807, 2.05) is 44.7 Å². The van der Waals surface area contributed by atoms with E-state index in [0.29, 0.717) is 6.54 Å². The molecule has 6 nitrogen and oxygen atoms in total. The summed E-state index contributed by atoms with van der Waals surface area (Å²) in [4.78, 5) is 23.7. The van der Waals surface area contributed by atoms with Crippen molar-refractivity contribution in [2.45, 2.75) is 40.0 Å². The van der Waals surface area contributed by atoms with Crippen LogP contribution in [0.4, 0.5) is 0 Å². The number of likely N-dealkylation sites (tertiary alicyclic amines) is 1. The maximum atomic E-state index is 12.4. The van der Waals surface area contributed by atoms with Crippen LogP contribution in [-0.4, -0.2) is 44.1 Å². The van der Waals surface area contributed by atoms with Crippen LogP contribution in [0.25, 0.3) is 11.4 Å². The van der Waals surface area contributed by atoms with E-state index in [1.165, 1.54) is 0 Å². The predicted octanol–water partition coefficient (Wildman–Crippen LogP) is 2.54. The number of carbonyl (C=O) groups is 1. The van der Waals surface area contributed by atoms with Gasteiger partial charge in [0, 0.05) is 36.3 Å². The lowest BCUT2D eigenvalue weighted by atomic mass is 9.95. The second-order valence-corrected chi connectivity index (χ2v) is 7.21. The summed E-state index contributed by atoms with van der Waals surface area (Å²) in [7, 11) is 0. The number of aryl methyl sites for hydroxylation is 1. The number of hydrogen-bond acceptors (Lipinski definition) is 4. The fourth-order valence-electron chi connectivity index (χ4n) is 2.94. The lowest BCUT2D eigenvalue weighted by molar-refractivity contribution is -0.138. The first-order valence-electron chi connectivity index (χ1n) is 7.99. The van der Waals surface area contributed by atoms with Crippen LogP contribution in [0.15, 0.2) is 18.3 Å². The van der Waals surface area contributed by atoms with E-state index in [-0.39, 0.29) is 17.2 Å². The SMILES string of the molecule is Cc1cc(-c2ccn[nH]2)nc([C@H]2CCN(C(=O)C(C)(C)C)C2)n1. The van der Waals surface area contributed by atoms with Gasteiger partial charge in [-0.05, 0) is 25.5 Å². The van der Waals surface area contributed by atoms with Crippen molar-refractivity contribution in [1.82, 2.24) is 25.1 Å². The van der Waals surface area contributed by atoms with E-state index >= 15 is 0 Å². The van der Waals surface area contributed by atoms with Crippen LogP contribution in [0.1, 0.15) is 44.6 Å². The molecule has 2 aromatic rings. The molecular weight excluding hydrogens is 290 g/mol. The monoisotopic (exact) mass is 313 g/mol. The van der Waals surface area contributed by atoms with Gasteiger partial charge in [-0.3, -0.25) is 9.89 Å². The lowest BCUT2D eigenvalue weighted by Crippen LogP contribution is -2.37. The number of H-pyrrole nitrogens is 1. The molecule has 122 valence electrons. The highest BCUT2D eigenvalue weighted by Gasteiger charge is 2.34. The zero-order valence-electron chi connectivity index (χ0n) is 14.1.